The van der Waals surface area contributed by atoms with Gasteiger partial charge in [0.1, 0.15) is 5.75 Å². The van der Waals surface area contributed by atoms with E-state index >= 15 is 0 Å². The number of anilines is 1. The van der Waals surface area contributed by atoms with E-state index in [-0.39, 0.29) is 33.9 Å². The Labute approximate surface area is 276 Å². The predicted octanol–water partition coefficient (Wildman–Crippen LogP) is 3.75. The lowest BCUT2D eigenvalue weighted by molar-refractivity contribution is -0.121. The molecule has 0 bridgehead atoms. The molecule has 1 atom stereocenters. The van der Waals surface area contributed by atoms with Crippen LogP contribution in [0.4, 0.5) is 10.5 Å². The summed E-state index contributed by atoms with van der Waals surface area (Å²) >= 11 is 0. The van der Waals surface area contributed by atoms with Gasteiger partial charge in [-0.1, -0.05) is 43.3 Å². The van der Waals surface area contributed by atoms with Crippen molar-refractivity contribution in [2.45, 2.75) is 43.2 Å². The Morgan fingerprint density at radius 3 is 2.28 bits per heavy atom. The van der Waals surface area contributed by atoms with Crippen molar-refractivity contribution in [2.24, 2.45) is 0 Å². The lowest BCUT2D eigenvalue weighted by Gasteiger charge is -2.43. The van der Waals surface area contributed by atoms with Crippen LogP contribution < -0.4 is 14.4 Å². The Morgan fingerprint density at radius 1 is 0.936 bits per heavy atom. The number of amides is 3. The van der Waals surface area contributed by atoms with Gasteiger partial charge in [0.25, 0.3) is 15.9 Å². The van der Waals surface area contributed by atoms with Gasteiger partial charge >= 0.3 is 6.03 Å². The summed E-state index contributed by atoms with van der Waals surface area (Å²) in [6.07, 6.45) is 1.58. The molecule has 3 amide bonds. The number of hydrogen-bond acceptors (Lipinski definition) is 8. The number of nitrogens with zero attached hydrogens (tertiary/aromatic N) is 5. The highest BCUT2D eigenvalue weighted by molar-refractivity contribution is 7.93. The fraction of sp³-hybridized carbons (Fsp3) is 0.400. The molecule has 0 aliphatic carbocycles. The molecule has 0 aromatic heterocycles. The second-order valence-corrected chi connectivity index (χ2v) is 13.8. The third-order valence-corrected chi connectivity index (χ3v) is 11.3. The van der Waals surface area contributed by atoms with E-state index in [1.807, 2.05) is 0 Å². The van der Waals surface area contributed by atoms with Crippen molar-refractivity contribution in [2.75, 3.05) is 56.7 Å². The van der Waals surface area contributed by atoms with Gasteiger partial charge in [-0.3, -0.25) is 9.69 Å². The zero-order valence-corrected chi connectivity index (χ0v) is 27.6. The number of piperidine rings is 1. The number of likely N-dealkylation sites (tertiary alicyclic amines) is 1. The van der Waals surface area contributed by atoms with E-state index in [1.54, 1.807) is 54.3 Å². The first-order valence-electron chi connectivity index (χ1n) is 16.2. The first-order valence-corrected chi connectivity index (χ1v) is 17.6. The normalized spacial score (nSPS) is 20.9. The minimum atomic E-state index is -4.43. The van der Waals surface area contributed by atoms with E-state index in [1.165, 1.54) is 30.3 Å². The molecule has 0 spiro atoms. The van der Waals surface area contributed by atoms with Crippen molar-refractivity contribution in [3.63, 3.8) is 0 Å². The van der Waals surface area contributed by atoms with Crippen molar-refractivity contribution >= 4 is 27.6 Å². The number of para-hydroxylation sites is 1. The number of nitriles is 1. The number of carbonyl (C=O) groups excluding carboxylic acids is 2. The predicted molar refractivity (Wildman–Crippen MR) is 177 cm³/mol. The molecule has 2 saturated heterocycles. The second kappa shape index (κ2) is 13.4. The number of nitrogens with one attached hydrogen (secondary N) is 1. The molecule has 3 heterocycles. The molecular weight excluding hydrogens is 616 g/mol. The van der Waals surface area contributed by atoms with Crippen LogP contribution in [-0.4, -0.2) is 93.5 Å². The molecule has 12 heteroatoms. The highest BCUT2D eigenvalue weighted by Gasteiger charge is 2.58. The lowest BCUT2D eigenvalue weighted by atomic mass is 9.82. The van der Waals surface area contributed by atoms with E-state index in [0.717, 1.165) is 49.9 Å². The Bertz CT molecular complexity index is 1780. The Kier molecular flexibility index (Phi) is 9.23. The molecule has 11 nitrogen and oxygen atoms in total. The van der Waals surface area contributed by atoms with Gasteiger partial charge in [-0.2, -0.15) is 9.57 Å². The molecule has 6 rings (SSSR count). The number of ether oxygens (including phenoxy) is 1. The molecule has 2 fully saturated rings. The van der Waals surface area contributed by atoms with E-state index < -0.39 is 27.5 Å². The first-order chi connectivity index (χ1) is 22.7. The minimum Gasteiger partial charge on any atom is -0.493 e. The molecule has 0 saturated carbocycles. The van der Waals surface area contributed by atoms with E-state index in [2.05, 4.69) is 28.1 Å². The minimum absolute atomic E-state index is 0.0642. The van der Waals surface area contributed by atoms with Crippen LogP contribution in [0.15, 0.2) is 77.7 Å². The highest BCUT2D eigenvalue weighted by atomic mass is 32.2. The number of hydrogen-bond donors (Lipinski definition) is 1. The van der Waals surface area contributed by atoms with Gasteiger partial charge in [-0.25, -0.2) is 13.2 Å². The summed E-state index contributed by atoms with van der Waals surface area (Å²) in [6, 6.07) is 20.9. The number of rotatable bonds is 8. The summed E-state index contributed by atoms with van der Waals surface area (Å²) in [5.74, 6) is -0.559. The molecule has 0 radical (unpaired) electrons. The van der Waals surface area contributed by atoms with Crippen LogP contribution in [0.3, 0.4) is 0 Å². The quantitative estimate of drug-likeness (QED) is 0.389. The maximum atomic E-state index is 15.0. The van der Waals surface area contributed by atoms with Gasteiger partial charge in [0.15, 0.2) is 5.54 Å². The van der Waals surface area contributed by atoms with Gasteiger partial charge in [-0.15, -0.1) is 0 Å². The number of urea groups is 1. The number of sulfonamides is 1. The van der Waals surface area contributed by atoms with E-state index in [0.29, 0.717) is 24.9 Å². The molecule has 3 aliphatic heterocycles. The zero-order valence-electron chi connectivity index (χ0n) is 26.8. The number of carbonyl (C=O) groups is 2. The Hall–Kier alpha value is -4.44. The third-order valence-electron chi connectivity index (χ3n) is 9.54. The molecule has 3 aromatic carbocycles. The number of likely N-dealkylation sites (N-methyl/N-ethyl adjacent to an activating group) is 1. The van der Waals surface area contributed by atoms with Crippen LogP contribution >= 0.6 is 0 Å². The fourth-order valence-corrected chi connectivity index (χ4v) is 8.51. The summed E-state index contributed by atoms with van der Waals surface area (Å²) in [5, 5.41) is 12.9. The molecule has 246 valence electrons. The van der Waals surface area contributed by atoms with Crippen LogP contribution in [0.5, 0.6) is 5.75 Å². The molecule has 1 unspecified atom stereocenters. The number of piperazine rings is 1. The van der Waals surface area contributed by atoms with Crippen LogP contribution in [0.1, 0.15) is 43.4 Å². The zero-order chi connectivity index (χ0) is 33.2. The summed E-state index contributed by atoms with van der Waals surface area (Å²) in [7, 11) is -4.43. The third kappa shape index (κ3) is 5.84. The molecule has 1 N–H and O–H groups in total. The average molecular weight is 657 g/mol. The van der Waals surface area contributed by atoms with Crippen molar-refractivity contribution in [3.8, 4) is 11.8 Å². The van der Waals surface area contributed by atoms with Crippen molar-refractivity contribution in [3.05, 3.63) is 89.5 Å². The van der Waals surface area contributed by atoms with Crippen molar-refractivity contribution in [1.29, 1.82) is 5.26 Å². The average Bonchev–Trinajstić information content (AvgIpc) is 3.36. The molecule has 3 aliphatic rings. The van der Waals surface area contributed by atoms with Crippen LogP contribution in [0.25, 0.3) is 0 Å². The summed E-state index contributed by atoms with van der Waals surface area (Å²) in [5.41, 5.74) is -1.25. The Balaban J connectivity index is 1.40. The fourth-order valence-electron chi connectivity index (χ4n) is 7.02. The van der Waals surface area contributed by atoms with Crippen LogP contribution in [0, 0.1) is 11.3 Å². The molecule has 47 heavy (non-hydrogen) atoms. The SMILES string of the molecule is CCOc1ccccc1C1(NC(=O)N2CCC(N3CCN(CC)CC3)CC2)C(=O)N(S(=O)(=O)c2ccccc2)c2ccc(C#N)cc21. The maximum absolute atomic E-state index is 15.0. The van der Waals surface area contributed by atoms with Gasteiger partial charge in [0.2, 0.25) is 0 Å². The smallest absolute Gasteiger partial charge is 0.318 e. The largest absolute Gasteiger partial charge is 0.493 e. The van der Waals surface area contributed by atoms with Crippen LogP contribution in [0.2, 0.25) is 0 Å². The standard InChI is InChI=1S/C35H40N6O5S/c1-3-38-20-22-39(23-21-38)27-16-18-40(19-17-27)34(43)37-35(29-12-8-9-13-32(29)46-4-2)30-24-26(25-36)14-15-31(30)41(33(35)42)47(44,45)28-10-6-5-7-11-28/h5-15,24,27H,3-4,16-23H2,1-2H3,(H,37,43). The Morgan fingerprint density at radius 2 is 1.62 bits per heavy atom. The van der Waals surface area contributed by atoms with Crippen LogP contribution in [-0.2, 0) is 20.4 Å². The second-order valence-electron chi connectivity index (χ2n) is 12.0. The monoisotopic (exact) mass is 656 g/mol. The molecular formula is C35H40N6O5S. The topological polar surface area (TPSA) is 126 Å². The van der Waals surface area contributed by atoms with Gasteiger partial charge in [0, 0.05) is 56.4 Å². The summed E-state index contributed by atoms with van der Waals surface area (Å²) in [4.78, 5) is 35.8. The molecule has 3 aromatic rings. The number of benzene rings is 3. The highest BCUT2D eigenvalue weighted by Crippen LogP contribution is 2.49. The lowest BCUT2D eigenvalue weighted by Crippen LogP contribution is -2.59. The van der Waals surface area contributed by atoms with Gasteiger partial charge < -0.3 is 19.9 Å². The van der Waals surface area contributed by atoms with E-state index in [4.69, 9.17) is 4.74 Å². The summed E-state index contributed by atoms with van der Waals surface area (Å²) in [6.45, 7) is 10.3. The first kappa shape index (κ1) is 32.5. The van der Waals surface area contributed by atoms with Crippen molar-refractivity contribution in [1.82, 2.24) is 20.0 Å². The maximum Gasteiger partial charge on any atom is 0.318 e. The van der Waals surface area contributed by atoms with E-state index in [9.17, 15) is 23.3 Å². The van der Waals surface area contributed by atoms with Gasteiger partial charge in [0.05, 0.1) is 28.8 Å². The van der Waals surface area contributed by atoms with Gasteiger partial charge in [-0.05, 0) is 62.7 Å². The van der Waals surface area contributed by atoms with Crippen molar-refractivity contribution < 1.29 is 22.7 Å². The number of fused-ring (bicyclic) bond motifs is 1. The summed E-state index contributed by atoms with van der Waals surface area (Å²) < 4.78 is 35.1.